The standard InChI is InChI=1S/C16H24BrNO/c1-13-11-15(17)12-14(2)16(13)19-10-9-18-7-5-3-4-6-8-18/h11-12H,3-10H2,1-2H3. The Kier molecular flexibility index (Phi) is 5.71. The fourth-order valence-electron chi connectivity index (χ4n) is 2.76. The Labute approximate surface area is 125 Å². The van der Waals surface area contributed by atoms with E-state index in [0.29, 0.717) is 0 Å². The van der Waals surface area contributed by atoms with Gasteiger partial charge in [0.1, 0.15) is 12.4 Å². The van der Waals surface area contributed by atoms with Gasteiger partial charge in [0, 0.05) is 11.0 Å². The number of benzene rings is 1. The molecule has 0 bridgehead atoms. The van der Waals surface area contributed by atoms with E-state index in [1.807, 2.05) is 0 Å². The molecule has 0 N–H and O–H groups in total. The molecule has 1 aliphatic heterocycles. The Morgan fingerprint density at radius 2 is 1.63 bits per heavy atom. The molecule has 106 valence electrons. The van der Waals surface area contributed by atoms with Gasteiger partial charge in [-0.05, 0) is 63.0 Å². The van der Waals surface area contributed by atoms with Gasteiger partial charge < -0.3 is 4.74 Å². The zero-order chi connectivity index (χ0) is 13.7. The molecule has 3 heteroatoms. The third kappa shape index (κ3) is 4.50. The summed E-state index contributed by atoms with van der Waals surface area (Å²) in [6.07, 6.45) is 5.47. The average molecular weight is 326 g/mol. The Hall–Kier alpha value is -0.540. The van der Waals surface area contributed by atoms with Crippen molar-refractivity contribution in [1.82, 2.24) is 4.90 Å². The normalized spacial score (nSPS) is 17.2. The van der Waals surface area contributed by atoms with Crippen molar-refractivity contribution in [3.8, 4) is 5.75 Å². The number of hydrogen-bond donors (Lipinski definition) is 0. The Bertz CT molecular complexity index is 388. The van der Waals surface area contributed by atoms with Crippen LogP contribution in [0.2, 0.25) is 0 Å². The zero-order valence-corrected chi connectivity index (χ0v) is 13.6. The molecule has 0 saturated carbocycles. The Morgan fingerprint density at radius 1 is 1.05 bits per heavy atom. The molecule has 1 saturated heterocycles. The first-order valence-electron chi connectivity index (χ1n) is 7.29. The van der Waals surface area contributed by atoms with Gasteiger partial charge in [-0.15, -0.1) is 0 Å². The lowest BCUT2D eigenvalue weighted by Crippen LogP contribution is -2.29. The van der Waals surface area contributed by atoms with Crippen molar-refractivity contribution in [1.29, 1.82) is 0 Å². The number of hydrogen-bond acceptors (Lipinski definition) is 2. The first-order valence-corrected chi connectivity index (χ1v) is 8.08. The summed E-state index contributed by atoms with van der Waals surface area (Å²) in [5, 5.41) is 0. The van der Waals surface area contributed by atoms with Crippen molar-refractivity contribution in [2.45, 2.75) is 39.5 Å². The molecule has 19 heavy (non-hydrogen) atoms. The minimum Gasteiger partial charge on any atom is -0.492 e. The van der Waals surface area contributed by atoms with Crippen LogP contribution in [0.25, 0.3) is 0 Å². The minimum absolute atomic E-state index is 0.795. The Balaban J connectivity index is 1.85. The molecule has 1 heterocycles. The van der Waals surface area contributed by atoms with E-state index in [1.165, 1.54) is 49.9 Å². The lowest BCUT2D eigenvalue weighted by Gasteiger charge is -2.20. The third-order valence-corrected chi connectivity index (χ3v) is 4.24. The van der Waals surface area contributed by atoms with Crippen LogP contribution < -0.4 is 4.74 Å². The smallest absolute Gasteiger partial charge is 0.125 e. The van der Waals surface area contributed by atoms with E-state index in [2.05, 4.69) is 46.8 Å². The first kappa shape index (κ1) is 14.9. The van der Waals surface area contributed by atoms with E-state index in [-0.39, 0.29) is 0 Å². The van der Waals surface area contributed by atoms with Crippen LogP contribution in [0.3, 0.4) is 0 Å². The number of ether oxygens (including phenoxy) is 1. The van der Waals surface area contributed by atoms with Gasteiger partial charge in [0.25, 0.3) is 0 Å². The quantitative estimate of drug-likeness (QED) is 0.817. The van der Waals surface area contributed by atoms with Crippen LogP contribution in [0.1, 0.15) is 36.8 Å². The maximum Gasteiger partial charge on any atom is 0.125 e. The SMILES string of the molecule is Cc1cc(Br)cc(C)c1OCCN1CCCCCC1. The highest BCUT2D eigenvalue weighted by Gasteiger charge is 2.10. The Morgan fingerprint density at radius 3 is 2.21 bits per heavy atom. The van der Waals surface area contributed by atoms with Crippen LogP contribution in [0.15, 0.2) is 16.6 Å². The summed E-state index contributed by atoms with van der Waals surface area (Å²) in [7, 11) is 0. The van der Waals surface area contributed by atoms with Crippen molar-refractivity contribution in [2.24, 2.45) is 0 Å². The number of likely N-dealkylation sites (tertiary alicyclic amines) is 1. The second-order valence-electron chi connectivity index (χ2n) is 5.47. The van der Waals surface area contributed by atoms with Crippen molar-refractivity contribution < 1.29 is 4.74 Å². The van der Waals surface area contributed by atoms with E-state index in [9.17, 15) is 0 Å². The molecule has 0 amide bonds. The lowest BCUT2D eigenvalue weighted by atomic mass is 10.1. The van der Waals surface area contributed by atoms with Crippen molar-refractivity contribution in [2.75, 3.05) is 26.2 Å². The van der Waals surface area contributed by atoms with Gasteiger partial charge in [-0.2, -0.15) is 0 Å². The predicted octanol–water partition coefficient (Wildman–Crippen LogP) is 4.32. The summed E-state index contributed by atoms with van der Waals surface area (Å²) in [6.45, 7) is 8.54. The highest BCUT2D eigenvalue weighted by molar-refractivity contribution is 9.10. The zero-order valence-electron chi connectivity index (χ0n) is 12.0. The van der Waals surface area contributed by atoms with Gasteiger partial charge in [-0.25, -0.2) is 0 Å². The molecule has 2 nitrogen and oxygen atoms in total. The van der Waals surface area contributed by atoms with Gasteiger partial charge in [-0.1, -0.05) is 28.8 Å². The molecule has 1 aromatic rings. The van der Waals surface area contributed by atoms with Gasteiger partial charge in [0.2, 0.25) is 0 Å². The molecule has 1 fully saturated rings. The van der Waals surface area contributed by atoms with Crippen LogP contribution in [0, 0.1) is 13.8 Å². The summed E-state index contributed by atoms with van der Waals surface area (Å²) in [4.78, 5) is 2.54. The predicted molar refractivity (Wildman–Crippen MR) is 84.0 cm³/mol. The number of rotatable bonds is 4. The van der Waals surface area contributed by atoms with Crippen LogP contribution >= 0.6 is 15.9 Å². The summed E-state index contributed by atoms with van der Waals surface area (Å²) < 4.78 is 7.13. The molecule has 0 radical (unpaired) electrons. The van der Waals surface area contributed by atoms with Gasteiger partial charge in [-0.3, -0.25) is 4.90 Å². The van der Waals surface area contributed by atoms with Gasteiger partial charge >= 0.3 is 0 Å². The monoisotopic (exact) mass is 325 g/mol. The highest BCUT2D eigenvalue weighted by Crippen LogP contribution is 2.27. The fraction of sp³-hybridized carbons (Fsp3) is 0.625. The van der Waals surface area contributed by atoms with E-state index < -0.39 is 0 Å². The first-order chi connectivity index (χ1) is 9.16. The van der Waals surface area contributed by atoms with Crippen LogP contribution in [0.5, 0.6) is 5.75 Å². The van der Waals surface area contributed by atoms with Gasteiger partial charge in [0.05, 0.1) is 0 Å². The molecule has 0 aromatic heterocycles. The van der Waals surface area contributed by atoms with Crippen molar-refractivity contribution in [3.63, 3.8) is 0 Å². The molecular formula is C16H24BrNO. The summed E-state index contributed by atoms with van der Waals surface area (Å²) >= 11 is 3.52. The highest BCUT2D eigenvalue weighted by atomic mass is 79.9. The van der Waals surface area contributed by atoms with Crippen molar-refractivity contribution in [3.05, 3.63) is 27.7 Å². The van der Waals surface area contributed by atoms with Gasteiger partial charge in [0.15, 0.2) is 0 Å². The maximum atomic E-state index is 6.00. The van der Waals surface area contributed by atoms with Crippen LogP contribution in [-0.2, 0) is 0 Å². The fourth-order valence-corrected chi connectivity index (χ4v) is 3.45. The second-order valence-corrected chi connectivity index (χ2v) is 6.39. The third-order valence-electron chi connectivity index (χ3n) is 3.78. The van der Waals surface area contributed by atoms with E-state index in [0.717, 1.165) is 23.4 Å². The molecular weight excluding hydrogens is 302 g/mol. The minimum atomic E-state index is 0.795. The van der Waals surface area contributed by atoms with E-state index in [4.69, 9.17) is 4.74 Å². The average Bonchev–Trinajstić information content (AvgIpc) is 2.61. The lowest BCUT2D eigenvalue weighted by molar-refractivity contribution is 0.212. The number of halogens is 1. The largest absolute Gasteiger partial charge is 0.492 e. The summed E-state index contributed by atoms with van der Waals surface area (Å²) in [6, 6.07) is 4.24. The maximum absolute atomic E-state index is 6.00. The van der Waals surface area contributed by atoms with Crippen LogP contribution in [0.4, 0.5) is 0 Å². The van der Waals surface area contributed by atoms with E-state index >= 15 is 0 Å². The molecule has 1 aromatic carbocycles. The van der Waals surface area contributed by atoms with E-state index in [1.54, 1.807) is 0 Å². The molecule has 0 unspecified atom stereocenters. The van der Waals surface area contributed by atoms with Crippen molar-refractivity contribution >= 4 is 15.9 Å². The summed E-state index contributed by atoms with van der Waals surface area (Å²) in [5.41, 5.74) is 2.42. The molecule has 0 spiro atoms. The molecule has 2 rings (SSSR count). The number of aryl methyl sites for hydroxylation is 2. The summed E-state index contributed by atoms with van der Waals surface area (Å²) in [5.74, 6) is 1.05. The topological polar surface area (TPSA) is 12.5 Å². The molecule has 1 aliphatic rings. The molecule has 0 aliphatic carbocycles. The number of nitrogens with zero attached hydrogens (tertiary/aromatic N) is 1. The second kappa shape index (κ2) is 7.30. The van der Waals surface area contributed by atoms with Crippen LogP contribution in [-0.4, -0.2) is 31.1 Å². The molecule has 0 atom stereocenters.